The first-order valence-electron chi connectivity index (χ1n) is 8.23. The van der Waals surface area contributed by atoms with Gasteiger partial charge in [0.25, 0.3) is 0 Å². The van der Waals surface area contributed by atoms with Gasteiger partial charge in [-0.3, -0.25) is 0 Å². The number of aromatic nitrogens is 2. The molecule has 110 valence electrons. The number of hydrogen-bond donors (Lipinski definition) is 1. The molecule has 2 aliphatic rings. The molecule has 1 aromatic rings. The number of nitrogens with one attached hydrogen (secondary N) is 1. The molecule has 4 nitrogen and oxygen atoms in total. The Labute approximate surface area is 122 Å². The summed E-state index contributed by atoms with van der Waals surface area (Å²) in [5, 5.41) is 3.58. The van der Waals surface area contributed by atoms with Gasteiger partial charge in [-0.15, -0.1) is 0 Å². The van der Waals surface area contributed by atoms with E-state index in [-0.39, 0.29) is 0 Å². The highest BCUT2D eigenvalue weighted by Gasteiger charge is 2.23. The lowest BCUT2D eigenvalue weighted by Crippen LogP contribution is -2.40. The second-order valence-electron chi connectivity index (χ2n) is 6.12. The van der Waals surface area contributed by atoms with Gasteiger partial charge >= 0.3 is 0 Å². The largest absolute Gasteiger partial charge is 0.367 e. The van der Waals surface area contributed by atoms with Crippen LogP contribution in [0.15, 0.2) is 12.3 Å². The predicted octanol–water partition coefficient (Wildman–Crippen LogP) is 3.60. The van der Waals surface area contributed by atoms with Crippen molar-refractivity contribution >= 4 is 11.8 Å². The molecule has 2 heterocycles. The van der Waals surface area contributed by atoms with Crippen LogP contribution in [0.2, 0.25) is 0 Å². The standard InChI is InChI=1S/C16H26N4/c1-2-14-9-5-6-12-20(14)16-17-11-10-15(19-16)18-13-7-3-4-8-13/h10-11,13-14H,2-9,12H2,1H3,(H,17,18,19). The maximum absolute atomic E-state index is 4.76. The number of nitrogens with zero attached hydrogens (tertiary/aromatic N) is 3. The number of piperidine rings is 1. The zero-order valence-electron chi connectivity index (χ0n) is 12.5. The molecule has 20 heavy (non-hydrogen) atoms. The summed E-state index contributed by atoms with van der Waals surface area (Å²) in [7, 11) is 0. The first kappa shape index (κ1) is 13.7. The highest BCUT2D eigenvalue weighted by Crippen LogP contribution is 2.25. The third kappa shape index (κ3) is 3.05. The number of rotatable bonds is 4. The van der Waals surface area contributed by atoms with E-state index in [0.717, 1.165) is 18.3 Å². The summed E-state index contributed by atoms with van der Waals surface area (Å²) in [5.41, 5.74) is 0. The highest BCUT2D eigenvalue weighted by atomic mass is 15.3. The minimum atomic E-state index is 0.612. The van der Waals surface area contributed by atoms with Crippen LogP contribution in [-0.2, 0) is 0 Å². The second-order valence-corrected chi connectivity index (χ2v) is 6.12. The molecule has 0 bridgehead atoms. The Morgan fingerprint density at radius 1 is 1.20 bits per heavy atom. The number of anilines is 2. The van der Waals surface area contributed by atoms with E-state index in [1.165, 1.54) is 51.4 Å². The lowest BCUT2D eigenvalue weighted by molar-refractivity contribution is 0.443. The first-order chi connectivity index (χ1) is 9.86. The highest BCUT2D eigenvalue weighted by molar-refractivity contribution is 5.43. The van der Waals surface area contributed by atoms with Crippen molar-refractivity contribution in [1.82, 2.24) is 9.97 Å². The Balaban J connectivity index is 1.72. The van der Waals surface area contributed by atoms with E-state index >= 15 is 0 Å². The van der Waals surface area contributed by atoms with Gasteiger partial charge in [0.1, 0.15) is 5.82 Å². The molecule has 1 saturated heterocycles. The summed E-state index contributed by atoms with van der Waals surface area (Å²) in [5.74, 6) is 1.92. The monoisotopic (exact) mass is 274 g/mol. The quantitative estimate of drug-likeness (QED) is 0.911. The normalized spacial score (nSPS) is 24.1. The van der Waals surface area contributed by atoms with Crippen molar-refractivity contribution in [2.75, 3.05) is 16.8 Å². The molecule has 2 fully saturated rings. The minimum absolute atomic E-state index is 0.612. The molecule has 1 aliphatic carbocycles. The molecule has 1 unspecified atom stereocenters. The third-order valence-corrected chi connectivity index (χ3v) is 4.71. The average Bonchev–Trinajstić information content (AvgIpc) is 3.00. The van der Waals surface area contributed by atoms with E-state index < -0.39 is 0 Å². The van der Waals surface area contributed by atoms with E-state index in [4.69, 9.17) is 4.98 Å². The van der Waals surface area contributed by atoms with Crippen LogP contribution in [0.1, 0.15) is 58.3 Å². The molecule has 4 heteroatoms. The Kier molecular flexibility index (Phi) is 4.38. The zero-order chi connectivity index (χ0) is 13.8. The van der Waals surface area contributed by atoms with Gasteiger partial charge in [-0.2, -0.15) is 4.98 Å². The van der Waals surface area contributed by atoms with E-state index in [0.29, 0.717) is 12.1 Å². The maximum atomic E-state index is 4.76. The fraction of sp³-hybridized carbons (Fsp3) is 0.750. The smallest absolute Gasteiger partial charge is 0.227 e. The fourth-order valence-corrected chi connectivity index (χ4v) is 3.53. The predicted molar refractivity (Wildman–Crippen MR) is 83.2 cm³/mol. The first-order valence-corrected chi connectivity index (χ1v) is 8.23. The topological polar surface area (TPSA) is 41.1 Å². The molecule has 0 spiro atoms. The molecular weight excluding hydrogens is 248 g/mol. The van der Waals surface area contributed by atoms with Crippen LogP contribution in [0, 0.1) is 0 Å². The maximum Gasteiger partial charge on any atom is 0.227 e. The van der Waals surface area contributed by atoms with Crippen LogP contribution in [0.3, 0.4) is 0 Å². The van der Waals surface area contributed by atoms with Gasteiger partial charge in [-0.25, -0.2) is 4.98 Å². The molecule has 1 aromatic heterocycles. The van der Waals surface area contributed by atoms with Crippen molar-refractivity contribution in [2.24, 2.45) is 0 Å². The molecule has 1 saturated carbocycles. The van der Waals surface area contributed by atoms with Gasteiger partial charge in [0, 0.05) is 24.8 Å². The Hall–Kier alpha value is -1.32. The average molecular weight is 274 g/mol. The molecular formula is C16H26N4. The Bertz CT molecular complexity index is 428. The fourth-order valence-electron chi connectivity index (χ4n) is 3.53. The van der Waals surface area contributed by atoms with Crippen LogP contribution in [0.25, 0.3) is 0 Å². The van der Waals surface area contributed by atoms with Crippen molar-refractivity contribution in [1.29, 1.82) is 0 Å². The SMILES string of the molecule is CCC1CCCCN1c1nccc(NC2CCCC2)n1. The minimum Gasteiger partial charge on any atom is -0.367 e. The van der Waals surface area contributed by atoms with E-state index in [9.17, 15) is 0 Å². The Morgan fingerprint density at radius 2 is 2.00 bits per heavy atom. The van der Waals surface area contributed by atoms with Crippen LogP contribution >= 0.6 is 0 Å². The summed E-state index contributed by atoms with van der Waals surface area (Å²) in [6, 6.07) is 3.23. The molecule has 1 atom stereocenters. The van der Waals surface area contributed by atoms with Gasteiger partial charge in [0.05, 0.1) is 0 Å². The van der Waals surface area contributed by atoms with Gasteiger partial charge in [0.15, 0.2) is 0 Å². The Morgan fingerprint density at radius 3 is 2.80 bits per heavy atom. The lowest BCUT2D eigenvalue weighted by Gasteiger charge is -2.35. The van der Waals surface area contributed by atoms with E-state index in [2.05, 4.69) is 22.1 Å². The summed E-state index contributed by atoms with van der Waals surface area (Å²) >= 11 is 0. The van der Waals surface area contributed by atoms with Crippen molar-refractivity contribution in [3.05, 3.63) is 12.3 Å². The van der Waals surface area contributed by atoms with Crippen LogP contribution < -0.4 is 10.2 Å². The zero-order valence-corrected chi connectivity index (χ0v) is 12.5. The lowest BCUT2D eigenvalue weighted by atomic mass is 10.0. The van der Waals surface area contributed by atoms with Crippen LogP contribution in [-0.4, -0.2) is 28.6 Å². The van der Waals surface area contributed by atoms with Crippen molar-refractivity contribution in [2.45, 2.75) is 70.4 Å². The van der Waals surface area contributed by atoms with E-state index in [1.807, 2.05) is 12.3 Å². The van der Waals surface area contributed by atoms with Crippen LogP contribution in [0.5, 0.6) is 0 Å². The number of hydrogen-bond acceptors (Lipinski definition) is 4. The molecule has 0 radical (unpaired) electrons. The van der Waals surface area contributed by atoms with Gasteiger partial charge < -0.3 is 10.2 Å². The molecule has 1 N–H and O–H groups in total. The summed E-state index contributed by atoms with van der Waals surface area (Å²) in [6.07, 6.45) is 12.2. The van der Waals surface area contributed by atoms with Gasteiger partial charge in [-0.05, 0) is 44.6 Å². The van der Waals surface area contributed by atoms with Crippen LogP contribution in [0.4, 0.5) is 11.8 Å². The molecule has 1 aliphatic heterocycles. The molecule has 3 rings (SSSR count). The van der Waals surface area contributed by atoms with E-state index in [1.54, 1.807) is 0 Å². The second kappa shape index (κ2) is 6.42. The van der Waals surface area contributed by atoms with Crippen molar-refractivity contribution < 1.29 is 0 Å². The van der Waals surface area contributed by atoms with Gasteiger partial charge in [-0.1, -0.05) is 19.8 Å². The molecule has 0 amide bonds. The van der Waals surface area contributed by atoms with Crippen molar-refractivity contribution in [3.8, 4) is 0 Å². The third-order valence-electron chi connectivity index (χ3n) is 4.71. The summed E-state index contributed by atoms with van der Waals surface area (Å²) in [4.78, 5) is 11.7. The summed E-state index contributed by atoms with van der Waals surface area (Å²) in [6.45, 7) is 3.37. The summed E-state index contributed by atoms with van der Waals surface area (Å²) < 4.78 is 0. The van der Waals surface area contributed by atoms with Gasteiger partial charge in [0.2, 0.25) is 5.95 Å². The van der Waals surface area contributed by atoms with Crippen molar-refractivity contribution in [3.63, 3.8) is 0 Å². The molecule has 0 aromatic carbocycles.